The SMILES string of the molecule is C=CC(CCCCCCC)O[Si](OC)(OC)OCCCCCCCC. The maximum Gasteiger partial charge on any atom is 0.679 e. The Morgan fingerprint density at radius 2 is 1.32 bits per heavy atom. The summed E-state index contributed by atoms with van der Waals surface area (Å²) in [4.78, 5) is 0. The lowest BCUT2D eigenvalue weighted by Crippen LogP contribution is -2.49. The third kappa shape index (κ3) is 12.7. The number of hydrogen-bond acceptors (Lipinski definition) is 4. The van der Waals surface area contributed by atoms with Crippen molar-refractivity contribution in [2.45, 2.75) is 97.0 Å². The van der Waals surface area contributed by atoms with E-state index >= 15 is 0 Å². The average Bonchev–Trinajstić information content (AvgIpc) is 2.65. The van der Waals surface area contributed by atoms with Crippen LogP contribution < -0.4 is 0 Å². The highest BCUT2D eigenvalue weighted by Gasteiger charge is 2.45. The Morgan fingerprint density at radius 1 is 0.800 bits per heavy atom. The highest BCUT2D eigenvalue weighted by molar-refractivity contribution is 6.53. The molecule has 0 aromatic carbocycles. The zero-order valence-corrected chi connectivity index (χ0v) is 18.2. The van der Waals surface area contributed by atoms with E-state index in [0.29, 0.717) is 6.61 Å². The van der Waals surface area contributed by atoms with E-state index in [0.717, 1.165) is 19.3 Å². The summed E-state index contributed by atoms with van der Waals surface area (Å²) in [6.45, 7) is 8.99. The van der Waals surface area contributed by atoms with Crippen LogP contribution in [0.4, 0.5) is 0 Å². The van der Waals surface area contributed by atoms with Gasteiger partial charge in [0, 0.05) is 20.8 Å². The van der Waals surface area contributed by atoms with E-state index in [1.165, 1.54) is 57.8 Å². The molecule has 25 heavy (non-hydrogen) atoms. The van der Waals surface area contributed by atoms with Gasteiger partial charge in [-0.05, 0) is 12.8 Å². The van der Waals surface area contributed by atoms with Crippen LogP contribution in [0.15, 0.2) is 12.7 Å². The fraction of sp³-hybridized carbons (Fsp3) is 0.900. The summed E-state index contributed by atoms with van der Waals surface area (Å²) in [6.07, 6.45) is 16.3. The average molecular weight is 375 g/mol. The Balaban J connectivity index is 4.16. The Kier molecular flexibility index (Phi) is 17.1. The van der Waals surface area contributed by atoms with E-state index in [9.17, 15) is 0 Å². The highest BCUT2D eigenvalue weighted by Crippen LogP contribution is 2.18. The molecule has 1 atom stereocenters. The predicted octanol–water partition coefficient (Wildman–Crippen LogP) is 6.02. The van der Waals surface area contributed by atoms with Crippen LogP contribution in [0.3, 0.4) is 0 Å². The smallest absolute Gasteiger partial charge is 0.355 e. The molecule has 0 saturated heterocycles. The normalized spacial score (nSPS) is 13.1. The van der Waals surface area contributed by atoms with Crippen LogP contribution >= 0.6 is 0 Å². The second-order valence-corrected chi connectivity index (χ2v) is 8.96. The van der Waals surface area contributed by atoms with Crippen molar-refractivity contribution in [3.8, 4) is 0 Å². The van der Waals surface area contributed by atoms with Crippen molar-refractivity contribution in [3.63, 3.8) is 0 Å². The van der Waals surface area contributed by atoms with E-state index in [1.54, 1.807) is 14.2 Å². The number of hydrogen-bond donors (Lipinski definition) is 0. The molecule has 0 aliphatic heterocycles. The molecule has 0 saturated carbocycles. The number of unbranched alkanes of at least 4 members (excludes halogenated alkanes) is 9. The Morgan fingerprint density at radius 3 is 1.84 bits per heavy atom. The molecule has 0 aliphatic carbocycles. The van der Waals surface area contributed by atoms with Gasteiger partial charge in [0.15, 0.2) is 0 Å². The first-order valence-electron chi connectivity index (χ1n) is 10.2. The first kappa shape index (κ1) is 24.8. The molecule has 0 aromatic heterocycles. The van der Waals surface area contributed by atoms with E-state index in [2.05, 4.69) is 20.4 Å². The van der Waals surface area contributed by atoms with Crippen LogP contribution in [0.25, 0.3) is 0 Å². The van der Waals surface area contributed by atoms with Crippen molar-refractivity contribution in [3.05, 3.63) is 12.7 Å². The molecule has 0 amide bonds. The lowest BCUT2D eigenvalue weighted by Gasteiger charge is -2.28. The van der Waals surface area contributed by atoms with Crippen LogP contribution in [0.1, 0.15) is 90.9 Å². The van der Waals surface area contributed by atoms with E-state index in [-0.39, 0.29) is 6.10 Å². The summed E-state index contributed by atoms with van der Waals surface area (Å²) in [5.74, 6) is 0. The molecule has 0 bridgehead atoms. The molecular weight excluding hydrogens is 332 g/mol. The molecule has 0 radical (unpaired) electrons. The maximum absolute atomic E-state index is 6.09. The van der Waals surface area contributed by atoms with Crippen LogP contribution in [-0.4, -0.2) is 36.0 Å². The summed E-state index contributed by atoms with van der Waals surface area (Å²) in [6, 6.07) is 0. The molecule has 1 unspecified atom stereocenters. The lowest BCUT2D eigenvalue weighted by molar-refractivity contribution is -0.0263. The Hall–Kier alpha value is -0.203. The van der Waals surface area contributed by atoms with Gasteiger partial charge in [-0.2, -0.15) is 0 Å². The quantitative estimate of drug-likeness (QED) is 0.157. The third-order valence-corrected chi connectivity index (χ3v) is 6.58. The van der Waals surface area contributed by atoms with Gasteiger partial charge in [-0.25, -0.2) is 0 Å². The minimum absolute atomic E-state index is 0.0715. The topological polar surface area (TPSA) is 36.9 Å². The molecule has 0 heterocycles. The minimum atomic E-state index is -3.05. The highest BCUT2D eigenvalue weighted by atomic mass is 28.4. The van der Waals surface area contributed by atoms with E-state index < -0.39 is 9.05 Å². The van der Waals surface area contributed by atoms with Gasteiger partial charge in [0.25, 0.3) is 0 Å². The van der Waals surface area contributed by atoms with Gasteiger partial charge < -0.3 is 17.7 Å². The maximum atomic E-state index is 6.09. The zero-order valence-electron chi connectivity index (χ0n) is 17.2. The van der Waals surface area contributed by atoms with Crippen LogP contribution in [-0.2, 0) is 17.7 Å². The largest absolute Gasteiger partial charge is 0.679 e. The van der Waals surface area contributed by atoms with Crippen molar-refractivity contribution in [2.75, 3.05) is 20.8 Å². The van der Waals surface area contributed by atoms with Crippen molar-refractivity contribution in [1.82, 2.24) is 0 Å². The van der Waals surface area contributed by atoms with Crippen molar-refractivity contribution in [2.24, 2.45) is 0 Å². The summed E-state index contributed by atoms with van der Waals surface area (Å²) in [5, 5.41) is 0. The van der Waals surface area contributed by atoms with Gasteiger partial charge in [0.1, 0.15) is 0 Å². The summed E-state index contributed by atoms with van der Waals surface area (Å²) in [5.41, 5.74) is 0. The van der Waals surface area contributed by atoms with Crippen molar-refractivity contribution >= 4 is 9.05 Å². The molecule has 0 rings (SSSR count). The Bertz CT molecular complexity index is 295. The van der Waals surface area contributed by atoms with Crippen LogP contribution in [0.2, 0.25) is 0 Å². The van der Waals surface area contributed by atoms with Gasteiger partial charge in [0.05, 0.1) is 6.10 Å². The minimum Gasteiger partial charge on any atom is -0.355 e. The standard InChI is InChI=1S/C20H42O4Si/c1-6-9-11-13-15-17-19-23-25(21-4,22-5)24-20(8-3)18-16-14-12-10-7-2/h8,20H,3,6-7,9-19H2,1-2,4-5H3. The second-order valence-electron chi connectivity index (χ2n) is 6.62. The van der Waals surface area contributed by atoms with Crippen LogP contribution in [0.5, 0.6) is 0 Å². The molecule has 5 heteroatoms. The first-order valence-corrected chi connectivity index (χ1v) is 11.9. The fourth-order valence-electron chi connectivity index (χ4n) is 2.77. The number of rotatable bonds is 19. The summed E-state index contributed by atoms with van der Waals surface area (Å²) >= 11 is 0. The van der Waals surface area contributed by atoms with Gasteiger partial charge in [-0.1, -0.05) is 84.1 Å². The molecular formula is C20H42O4Si. The zero-order chi connectivity index (χ0) is 18.8. The van der Waals surface area contributed by atoms with Crippen molar-refractivity contribution in [1.29, 1.82) is 0 Å². The Labute approximate surface area is 157 Å². The van der Waals surface area contributed by atoms with E-state index in [4.69, 9.17) is 17.7 Å². The fourth-order valence-corrected chi connectivity index (χ4v) is 4.41. The molecule has 150 valence electrons. The molecule has 0 N–H and O–H groups in total. The van der Waals surface area contributed by atoms with Gasteiger partial charge in [0.2, 0.25) is 0 Å². The second kappa shape index (κ2) is 17.2. The van der Waals surface area contributed by atoms with Gasteiger partial charge >= 0.3 is 9.05 Å². The van der Waals surface area contributed by atoms with Gasteiger partial charge in [-0.3, -0.25) is 0 Å². The molecule has 4 nitrogen and oxygen atoms in total. The molecule has 0 spiro atoms. The van der Waals surface area contributed by atoms with Crippen molar-refractivity contribution < 1.29 is 17.7 Å². The summed E-state index contributed by atoms with van der Waals surface area (Å²) < 4.78 is 23.1. The predicted molar refractivity (Wildman–Crippen MR) is 108 cm³/mol. The molecule has 0 fully saturated rings. The monoisotopic (exact) mass is 374 g/mol. The first-order chi connectivity index (χ1) is 12.2. The van der Waals surface area contributed by atoms with E-state index in [1.807, 2.05) is 6.08 Å². The van der Waals surface area contributed by atoms with Gasteiger partial charge in [-0.15, -0.1) is 6.58 Å². The van der Waals surface area contributed by atoms with Crippen LogP contribution in [0, 0.1) is 0 Å². The summed E-state index contributed by atoms with van der Waals surface area (Å²) in [7, 11) is 0.169. The molecule has 0 aliphatic rings. The lowest BCUT2D eigenvalue weighted by atomic mass is 10.1. The third-order valence-electron chi connectivity index (χ3n) is 4.43. The molecule has 0 aromatic rings.